The molecule has 0 radical (unpaired) electrons. The summed E-state index contributed by atoms with van der Waals surface area (Å²) in [5.41, 5.74) is 0.0644. The van der Waals surface area contributed by atoms with Gasteiger partial charge in [0.25, 0.3) is 0 Å². The number of rotatable bonds is 1. The number of nitrogens with zero attached hydrogens (tertiary/aromatic N) is 1. The van der Waals surface area contributed by atoms with Crippen LogP contribution in [0.5, 0.6) is 0 Å². The maximum absolute atomic E-state index is 11.1. The summed E-state index contributed by atoms with van der Waals surface area (Å²) in [7, 11) is 0. The van der Waals surface area contributed by atoms with E-state index in [1.54, 1.807) is 24.6 Å². The Labute approximate surface area is 87.6 Å². The Bertz CT molecular complexity index is 393. The van der Waals surface area contributed by atoms with Gasteiger partial charge in [0.1, 0.15) is 0 Å². The summed E-state index contributed by atoms with van der Waals surface area (Å²) in [5, 5.41) is 0. The number of esters is 1. The van der Waals surface area contributed by atoms with E-state index in [2.05, 4.69) is 4.99 Å². The van der Waals surface area contributed by atoms with Crippen molar-refractivity contribution in [2.75, 3.05) is 0 Å². The first-order chi connectivity index (χ1) is 7.23. The van der Waals surface area contributed by atoms with Crippen molar-refractivity contribution in [3.63, 3.8) is 0 Å². The van der Waals surface area contributed by atoms with Crippen molar-refractivity contribution in [1.29, 1.82) is 0 Å². The largest absolute Gasteiger partial charge is 0.473 e. The molecule has 78 valence electrons. The van der Waals surface area contributed by atoms with Crippen molar-refractivity contribution >= 4 is 12.2 Å². The van der Waals surface area contributed by atoms with Crippen molar-refractivity contribution in [1.82, 2.24) is 0 Å². The van der Waals surface area contributed by atoms with Gasteiger partial charge in [-0.1, -0.05) is 0 Å². The molecule has 0 fully saturated rings. The summed E-state index contributed by atoms with van der Waals surface area (Å²) in [6.07, 6.45) is 10.4. The van der Waals surface area contributed by atoms with Crippen molar-refractivity contribution in [2.24, 2.45) is 4.99 Å². The fourth-order valence-corrected chi connectivity index (χ4v) is 1.60. The molecule has 0 spiro atoms. The Hall–Kier alpha value is -1.84. The van der Waals surface area contributed by atoms with Gasteiger partial charge in [-0.3, -0.25) is 9.79 Å². The van der Waals surface area contributed by atoms with E-state index in [9.17, 15) is 4.79 Å². The predicted molar refractivity (Wildman–Crippen MR) is 55.1 cm³/mol. The molecule has 2 rings (SSSR count). The average Bonchev–Trinajstić information content (AvgIpc) is 2.38. The number of aliphatic imine (C=N–C) groups is 1. The molecule has 2 aliphatic heterocycles. The first kappa shape index (κ1) is 9.71. The summed E-state index contributed by atoms with van der Waals surface area (Å²) in [4.78, 5) is 15.1. The highest BCUT2D eigenvalue weighted by atomic mass is 16.6. The van der Waals surface area contributed by atoms with E-state index in [0.717, 1.165) is 5.57 Å². The monoisotopic (exact) mass is 205 g/mol. The molecule has 15 heavy (non-hydrogen) atoms. The van der Waals surface area contributed by atoms with E-state index in [0.29, 0.717) is 6.42 Å². The van der Waals surface area contributed by atoms with Gasteiger partial charge in [0.15, 0.2) is 5.60 Å². The Morgan fingerprint density at radius 1 is 1.60 bits per heavy atom. The minimum atomic E-state index is -0.749. The lowest BCUT2D eigenvalue weighted by molar-refractivity contribution is -0.148. The van der Waals surface area contributed by atoms with Gasteiger partial charge >= 0.3 is 5.97 Å². The minimum Gasteiger partial charge on any atom is -0.473 e. The van der Waals surface area contributed by atoms with Crippen LogP contribution in [0.2, 0.25) is 0 Å². The molecule has 0 saturated heterocycles. The van der Waals surface area contributed by atoms with E-state index in [1.807, 2.05) is 0 Å². The van der Waals surface area contributed by atoms with Crippen molar-refractivity contribution in [2.45, 2.75) is 18.9 Å². The van der Waals surface area contributed by atoms with Crippen LogP contribution in [0.15, 0.2) is 41.4 Å². The molecule has 0 bridgehead atoms. The second-order valence-electron chi connectivity index (χ2n) is 3.34. The molecular formula is C11H11NO3. The standard InChI is InChI=1S/C11H11NO3/c1-9(13)15-11-3-5-12-8-10(11)2-6-14-7-4-11/h2,4-8H,3H2,1H3. The Morgan fingerprint density at radius 3 is 3.27 bits per heavy atom. The van der Waals surface area contributed by atoms with E-state index < -0.39 is 5.60 Å². The number of ether oxygens (including phenoxy) is 2. The Morgan fingerprint density at radius 2 is 2.47 bits per heavy atom. The zero-order valence-corrected chi connectivity index (χ0v) is 8.34. The van der Waals surface area contributed by atoms with Crippen molar-refractivity contribution in [3.8, 4) is 0 Å². The van der Waals surface area contributed by atoms with Crippen LogP contribution in [0, 0.1) is 0 Å². The lowest BCUT2D eigenvalue weighted by Gasteiger charge is -2.30. The van der Waals surface area contributed by atoms with Crippen LogP contribution in [0.1, 0.15) is 13.3 Å². The molecule has 0 aliphatic carbocycles. The first-order valence-electron chi connectivity index (χ1n) is 4.64. The summed E-state index contributed by atoms with van der Waals surface area (Å²) in [6, 6.07) is 0. The van der Waals surface area contributed by atoms with Gasteiger partial charge < -0.3 is 9.47 Å². The summed E-state index contributed by atoms with van der Waals surface area (Å²) in [6.45, 7) is 1.39. The van der Waals surface area contributed by atoms with Gasteiger partial charge in [0.2, 0.25) is 0 Å². The molecule has 0 aromatic heterocycles. The van der Waals surface area contributed by atoms with Gasteiger partial charge in [0.05, 0.1) is 12.5 Å². The molecule has 0 aromatic rings. The van der Waals surface area contributed by atoms with Gasteiger partial charge in [-0.05, 0) is 12.2 Å². The molecule has 1 unspecified atom stereocenters. The smallest absolute Gasteiger partial charge is 0.303 e. The molecule has 4 heteroatoms. The fourth-order valence-electron chi connectivity index (χ4n) is 1.60. The van der Waals surface area contributed by atoms with Gasteiger partial charge in [0, 0.05) is 31.3 Å². The molecule has 2 aliphatic rings. The van der Waals surface area contributed by atoms with Crippen LogP contribution in [0.3, 0.4) is 0 Å². The summed E-state index contributed by atoms with van der Waals surface area (Å²) in [5.74, 6) is -0.323. The van der Waals surface area contributed by atoms with Crippen LogP contribution >= 0.6 is 0 Å². The average molecular weight is 205 g/mol. The van der Waals surface area contributed by atoms with E-state index in [-0.39, 0.29) is 5.97 Å². The SMILES string of the molecule is CC(=O)OC12C=COC=CC1=CN=CC2. The van der Waals surface area contributed by atoms with Crippen molar-refractivity contribution in [3.05, 3.63) is 36.4 Å². The molecule has 2 heterocycles. The van der Waals surface area contributed by atoms with E-state index >= 15 is 0 Å². The van der Waals surface area contributed by atoms with E-state index in [4.69, 9.17) is 9.47 Å². The lowest BCUT2D eigenvalue weighted by Crippen LogP contribution is -2.35. The Balaban J connectivity index is 2.39. The maximum atomic E-state index is 11.1. The second kappa shape index (κ2) is 3.73. The van der Waals surface area contributed by atoms with Crippen LogP contribution < -0.4 is 0 Å². The third-order valence-corrected chi connectivity index (χ3v) is 2.27. The number of carbonyl (C=O) groups excluding carboxylic acids is 1. The zero-order chi connectivity index (χ0) is 10.7. The molecular weight excluding hydrogens is 194 g/mol. The number of carbonyl (C=O) groups is 1. The summed E-state index contributed by atoms with van der Waals surface area (Å²) >= 11 is 0. The fraction of sp³-hybridized carbons (Fsp3) is 0.273. The van der Waals surface area contributed by atoms with Crippen LogP contribution in [-0.2, 0) is 14.3 Å². The van der Waals surface area contributed by atoms with Crippen LogP contribution in [-0.4, -0.2) is 17.8 Å². The molecule has 4 nitrogen and oxygen atoms in total. The molecule has 0 saturated carbocycles. The zero-order valence-electron chi connectivity index (χ0n) is 8.34. The van der Waals surface area contributed by atoms with Crippen LogP contribution in [0.4, 0.5) is 0 Å². The third-order valence-electron chi connectivity index (χ3n) is 2.27. The topological polar surface area (TPSA) is 47.9 Å². The highest BCUT2D eigenvalue weighted by Gasteiger charge is 2.35. The number of fused-ring (bicyclic) bond motifs is 1. The molecule has 0 N–H and O–H groups in total. The van der Waals surface area contributed by atoms with Gasteiger partial charge in [-0.25, -0.2) is 0 Å². The highest BCUT2D eigenvalue weighted by Crippen LogP contribution is 2.32. The molecule has 0 amide bonds. The molecule has 1 atom stereocenters. The minimum absolute atomic E-state index is 0.323. The second-order valence-corrected chi connectivity index (χ2v) is 3.34. The van der Waals surface area contributed by atoms with Crippen LogP contribution in [0.25, 0.3) is 0 Å². The normalized spacial score (nSPS) is 27.4. The van der Waals surface area contributed by atoms with E-state index in [1.165, 1.54) is 19.4 Å². The molecule has 0 aromatic carbocycles. The highest BCUT2D eigenvalue weighted by molar-refractivity contribution is 5.71. The van der Waals surface area contributed by atoms with Gasteiger partial charge in [-0.15, -0.1) is 0 Å². The maximum Gasteiger partial charge on any atom is 0.303 e. The first-order valence-corrected chi connectivity index (χ1v) is 4.64. The van der Waals surface area contributed by atoms with Crippen molar-refractivity contribution < 1.29 is 14.3 Å². The number of hydrogen-bond donors (Lipinski definition) is 0. The third kappa shape index (κ3) is 1.83. The summed E-state index contributed by atoms with van der Waals surface area (Å²) < 4.78 is 10.4. The predicted octanol–water partition coefficient (Wildman–Crippen LogP) is 1.70. The quantitative estimate of drug-likeness (QED) is 0.612. The number of hydrogen-bond acceptors (Lipinski definition) is 4. The Kier molecular flexibility index (Phi) is 2.41. The van der Waals surface area contributed by atoms with Gasteiger partial charge in [-0.2, -0.15) is 0 Å². The lowest BCUT2D eigenvalue weighted by atomic mass is 9.89.